The topological polar surface area (TPSA) is 264 Å². The summed E-state index contributed by atoms with van der Waals surface area (Å²) in [6, 6.07) is 24.9. The van der Waals surface area contributed by atoms with Crippen LogP contribution >= 0.6 is 11.3 Å². The van der Waals surface area contributed by atoms with Crippen molar-refractivity contribution in [1.82, 2.24) is 4.98 Å². The van der Waals surface area contributed by atoms with E-state index < -0.39 is 65.6 Å². The summed E-state index contributed by atoms with van der Waals surface area (Å²) in [5.41, 5.74) is 2.11. The van der Waals surface area contributed by atoms with Gasteiger partial charge in [-0.25, -0.2) is 19.4 Å². The third kappa shape index (κ3) is 17.5. The van der Waals surface area contributed by atoms with Gasteiger partial charge in [-0.05, 0) is 136 Å². The van der Waals surface area contributed by atoms with Crippen molar-refractivity contribution in [3.05, 3.63) is 134 Å². The molecule has 0 aliphatic heterocycles. The van der Waals surface area contributed by atoms with Gasteiger partial charge in [0.15, 0.2) is 11.9 Å². The molecule has 20 nitrogen and oxygen atoms in total. The molecule has 0 saturated heterocycles. The minimum atomic E-state index is -0.918. The summed E-state index contributed by atoms with van der Waals surface area (Å²) in [4.78, 5) is 92.4. The molecule has 2 saturated carbocycles. The summed E-state index contributed by atoms with van der Waals surface area (Å²) in [5.74, 6) is -3.49. The average Bonchev–Trinajstić information content (AvgIpc) is 3.97. The summed E-state index contributed by atoms with van der Waals surface area (Å²) in [7, 11) is 0. The van der Waals surface area contributed by atoms with Gasteiger partial charge in [0.2, 0.25) is 5.13 Å². The van der Waals surface area contributed by atoms with Gasteiger partial charge in [-0.3, -0.25) is 19.2 Å². The zero-order chi connectivity index (χ0) is 56.8. The van der Waals surface area contributed by atoms with E-state index in [0.29, 0.717) is 110 Å². The highest BCUT2D eigenvalue weighted by Gasteiger charge is 2.34. The fourth-order valence-corrected chi connectivity index (χ4v) is 9.53. The summed E-state index contributed by atoms with van der Waals surface area (Å²) in [6.07, 6.45) is 6.28. The molecule has 80 heavy (non-hydrogen) atoms. The van der Waals surface area contributed by atoms with Crippen LogP contribution in [0.15, 0.2) is 133 Å². The molecule has 5 aromatic rings. The molecule has 2 aliphatic rings. The highest BCUT2D eigenvalue weighted by molar-refractivity contribution is 7.22. The lowest BCUT2D eigenvalue weighted by Gasteiger charge is -2.26. The molecule has 1 atom stereocenters. The van der Waals surface area contributed by atoms with E-state index in [2.05, 4.69) is 36.0 Å². The van der Waals surface area contributed by atoms with Gasteiger partial charge in [0, 0.05) is 31.1 Å². The van der Waals surface area contributed by atoms with Crippen LogP contribution in [0.2, 0.25) is 0 Å². The van der Waals surface area contributed by atoms with Gasteiger partial charge >= 0.3 is 41.8 Å². The van der Waals surface area contributed by atoms with Crippen LogP contribution in [0.3, 0.4) is 0 Å². The lowest BCUT2D eigenvalue weighted by atomic mass is 9.82. The van der Waals surface area contributed by atoms with E-state index >= 15 is 0 Å². The number of ether oxygens (including phenoxy) is 9. The van der Waals surface area contributed by atoms with Crippen LogP contribution in [-0.4, -0.2) is 85.9 Å². The smallest absolute Gasteiger partial charge is 0.330 e. The van der Waals surface area contributed by atoms with Crippen molar-refractivity contribution in [2.24, 2.45) is 33.9 Å². The predicted molar refractivity (Wildman–Crippen MR) is 288 cm³/mol. The molecule has 1 heterocycles. The molecule has 2 aliphatic carbocycles. The summed E-state index contributed by atoms with van der Waals surface area (Å²) in [5, 5.41) is 18.1. The number of azo groups is 1. The maximum Gasteiger partial charge on any atom is 0.330 e. The highest BCUT2D eigenvalue weighted by Crippen LogP contribution is 2.39. The number of esters is 7. The number of nitrogens with zero attached hydrogens (tertiary/aromatic N) is 4. The third-order valence-corrected chi connectivity index (χ3v) is 14.0. The first-order valence-electron chi connectivity index (χ1n) is 25.8. The first kappa shape index (κ1) is 58.6. The molecular formula is C59H58N4O16S. The number of carbonyl (C=O) groups excluding carboxylic acids is 7. The standard InChI is InChI=1S/C59H58N4O16S/c1-4-50(64)72-32-7-31-71-44-21-25-46(26-22-44)77-57(69)41-14-16-42(17-15-41)58(70)79-49-29-18-38(54-53(49)61-59(80-54)63-62-43-19-8-37(34-60)9-20-43)30-33-73-55(67)39-10-12-40(13-11-39)56(68)78-47-27-23-45(24-28-47)74-35-48(76-52(66)6-3)36-75-51(65)5-2/h4-6,8-9,18-29,39-42,48H,1-3,7,10-17,30-33,35-36H2/b63-62+. The number of thiazole rings is 1. The van der Waals surface area contributed by atoms with Crippen LogP contribution in [0.5, 0.6) is 28.7 Å². The summed E-state index contributed by atoms with van der Waals surface area (Å²) < 4.78 is 50.2. The first-order valence-corrected chi connectivity index (χ1v) is 26.7. The average molecular weight is 1110 g/mol. The Bertz CT molecular complexity index is 3100. The van der Waals surface area contributed by atoms with Crippen LogP contribution in [0.4, 0.5) is 10.8 Å². The number of aromatic nitrogens is 1. The predicted octanol–water partition coefficient (Wildman–Crippen LogP) is 10.1. The lowest BCUT2D eigenvalue weighted by Crippen LogP contribution is -2.30. The number of carbonyl (C=O) groups is 7. The van der Waals surface area contributed by atoms with E-state index in [-0.39, 0.29) is 49.0 Å². The number of rotatable bonds is 26. The van der Waals surface area contributed by atoms with Crippen LogP contribution in [0.1, 0.15) is 68.9 Å². The van der Waals surface area contributed by atoms with E-state index in [1.807, 2.05) is 0 Å². The van der Waals surface area contributed by atoms with Crippen molar-refractivity contribution in [2.45, 2.75) is 70.3 Å². The Morgan fingerprint density at radius 2 is 1.10 bits per heavy atom. The fraction of sp³-hybridized carbons (Fsp3) is 0.339. The van der Waals surface area contributed by atoms with E-state index in [1.165, 1.54) is 11.3 Å². The molecule has 2 fully saturated rings. The molecule has 0 amide bonds. The second-order valence-corrected chi connectivity index (χ2v) is 19.4. The highest BCUT2D eigenvalue weighted by atomic mass is 32.1. The normalized spacial score (nSPS) is 17.1. The van der Waals surface area contributed by atoms with Crippen molar-refractivity contribution in [1.29, 1.82) is 5.26 Å². The fourth-order valence-electron chi connectivity index (χ4n) is 8.59. The van der Waals surface area contributed by atoms with Crippen molar-refractivity contribution in [3.8, 4) is 34.8 Å². The first-order chi connectivity index (χ1) is 38.8. The van der Waals surface area contributed by atoms with E-state index in [0.717, 1.165) is 23.8 Å². The monoisotopic (exact) mass is 1110 g/mol. The van der Waals surface area contributed by atoms with E-state index in [4.69, 9.17) is 47.6 Å². The van der Waals surface area contributed by atoms with E-state index in [9.17, 15) is 38.8 Å². The Balaban J connectivity index is 0.886. The Kier molecular flexibility index (Phi) is 21.7. The van der Waals surface area contributed by atoms with Crippen molar-refractivity contribution in [2.75, 3.05) is 33.0 Å². The number of fused-ring (bicyclic) bond motifs is 1. The molecule has 0 N–H and O–H groups in total. The second kappa shape index (κ2) is 29.6. The van der Waals surface area contributed by atoms with Gasteiger partial charge in [-0.15, -0.1) is 10.2 Å². The summed E-state index contributed by atoms with van der Waals surface area (Å²) >= 11 is 1.22. The Morgan fingerprint density at radius 3 is 1.66 bits per heavy atom. The molecule has 7 rings (SSSR count). The molecular weight excluding hydrogens is 1050 g/mol. The number of benzene rings is 4. The molecule has 416 valence electrons. The molecule has 21 heteroatoms. The number of hydrogen-bond donors (Lipinski definition) is 0. The van der Waals surface area contributed by atoms with Gasteiger partial charge in [-0.2, -0.15) is 5.26 Å². The Labute approximate surface area is 464 Å². The van der Waals surface area contributed by atoms with Gasteiger partial charge in [0.05, 0.1) is 65.5 Å². The maximum atomic E-state index is 13.7. The summed E-state index contributed by atoms with van der Waals surface area (Å²) in [6.45, 7) is 10.2. The number of hydrogen-bond acceptors (Lipinski definition) is 21. The van der Waals surface area contributed by atoms with Gasteiger partial charge in [0.1, 0.15) is 41.7 Å². The number of nitriles is 1. The Hall–Kier alpha value is -9.03. The van der Waals surface area contributed by atoms with Gasteiger partial charge < -0.3 is 42.6 Å². The van der Waals surface area contributed by atoms with Crippen molar-refractivity contribution in [3.63, 3.8) is 0 Å². The van der Waals surface area contributed by atoms with Crippen LogP contribution in [0, 0.1) is 35.0 Å². The maximum absolute atomic E-state index is 13.7. The van der Waals surface area contributed by atoms with E-state index in [1.54, 1.807) is 84.9 Å². The zero-order valence-electron chi connectivity index (χ0n) is 43.7. The second-order valence-electron chi connectivity index (χ2n) is 18.5. The molecule has 1 unspecified atom stereocenters. The zero-order valence-corrected chi connectivity index (χ0v) is 44.5. The van der Waals surface area contributed by atoms with Gasteiger partial charge in [-0.1, -0.05) is 37.1 Å². The largest absolute Gasteiger partial charge is 0.493 e. The minimum absolute atomic E-state index is 0.0432. The van der Waals surface area contributed by atoms with Crippen LogP contribution in [0.25, 0.3) is 10.2 Å². The van der Waals surface area contributed by atoms with Crippen LogP contribution < -0.4 is 23.7 Å². The SMILES string of the molecule is C=CC(=O)OCCCOc1ccc(OC(=O)C2CCC(C(=O)Oc3ccc(CCOC(=O)C4CCC(C(=O)Oc5ccc(OCC(COC(=O)C=C)OC(=O)C=C)cc5)CC4)c4sc(/N=N/c5ccc(C#N)cc5)nc34)CC2)cc1. The van der Waals surface area contributed by atoms with Crippen LogP contribution in [-0.2, 0) is 58.9 Å². The van der Waals surface area contributed by atoms with Gasteiger partial charge in [0.25, 0.3) is 0 Å². The molecule has 0 spiro atoms. The molecule has 0 bridgehead atoms. The Morgan fingerprint density at radius 1 is 0.575 bits per heavy atom. The molecule has 0 radical (unpaired) electrons. The van der Waals surface area contributed by atoms with Crippen molar-refractivity contribution < 1.29 is 76.2 Å². The minimum Gasteiger partial charge on any atom is -0.493 e. The quantitative estimate of drug-likeness (QED) is 0.0124. The molecule has 1 aromatic heterocycles. The van der Waals surface area contributed by atoms with Crippen molar-refractivity contribution >= 4 is 74.2 Å². The molecule has 4 aromatic carbocycles. The third-order valence-electron chi connectivity index (χ3n) is 13.0. The lowest BCUT2D eigenvalue weighted by molar-refractivity contribution is -0.154.